The van der Waals surface area contributed by atoms with E-state index in [1.807, 2.05) is 4.86 Å². The van der Waals surface area contributed by atoms with E-state index in [0.717, 1.165) is 0 Å². The molecule has 12 heavy (non-hydrogen) atoms. The number of hydrogen-bond acceptors (Lipinski definition) is 1. The van der Waals surface area contributed by atoms with Crippen LogP contribution in [0.4, 0.5) is 0 Å². The third-order valence-corrected chi connectivity index (χ3v) is 7.70. The van der Waals surface area contributed by atoms with Gasteiger partial charge >= 0.3 is 0 Å². The van der Waals surface area contributed by atoms with E-state index in [2.05, 4.69) is 10.8 Å². The molecule has 1 unspecified atom stereocenters. The maximum Gasteiger partial charge on any atom is 0.00325 e. The zero-order chi connectivity index (χ0) is 8.23. The maximum absolute atomic E-state index is 2.26. The van der Waals surface area contributed by atoms with Crippen LogP contribution in [0.3, 0.4) is 0 Å². The molecule has 1 heterocycles. The second-order valence-corrected chi connectivity index (χ2v) is 7.91. The first kappa shape index (κ1) is 9.14. The van der Waals surface area contributed by atoms with Gasteiger partial charge in [-0.1, -0.05) is 6.42 Å². The van der Waals surface area contributed by atoms with Crippen LogP contribution in [-0.4, -0.2) is 16.4 Å². The molecule has 2 heteroatoms. The SMILES string of the molecule is C1CCC(=S2CCCCS2)CC1. The molecule has 0 spiro atoms. The average Bonchev–Trinajstić information content (AvgIpc) is 2.21. The Morgan fingerprint density at radius 3 is 2.42 bits per heavy atom. The van der Waals surface area contributed by atoms with Gasteiger partial charge in [0, 0.05) is 5.75 Å². The van der Waals surface area contributed by atoms with Gasteiger partial charge in [-0.25, -0.2) is 0 Å². The summed E-state index contributed by atoms with van der Waals surface area (Å²) in [6.45, 7) is 0. The monoisotopic (exact) mass is 202 g/mol. The third kappa shape index (κ3) is 2.29. The Bertz CT molecular complexity index is 148. The largest absolute Gasteiger partial charge is 0.129 e. The summed E-state index contributed by atoms with van der Waals surface area (Å²) in [4.78, 5) is 1.94. The third-order valence-electron chi connectivity index (χ3n) is 2.68. The van der Waals surface area contributed by atoms with E-state index in [1.165, 1.54) is 56.5 Å². The summed E-state index contributed by atoms with van der Waals surface area (Å²) >= 11 is 0. The minimum atomic E-state index is 0.702. The highest BCUT2D eigenvalue weighted by atomic mass is 33.1. The minimum absolute atomic E-state index is 0.702. The van der Waals surface area contributed by atoms with Crippen LogP contribution in [-0.2, 0) is 0 Å². The van der Waals surface area contributed by atoms with E-state index in [4.69, 9.17) is 0 Å². The Kier molecular flexibility index (Phi) is 3.59. The van der Waals surface area contributed by atoms with Crippen molar-refractivity contribution in [3.05, 3.63) is 0 Å². The first-order valence-electron chi connectivity index (χ1n) is 5.16. The Hall–Kier alpha value is 0.570. The van der Waals surface area contributed by atoms with Crippen molar-refractivity contribution >= 4 is 25.2 Å². The summed E-state index contributed by atoms with van der Waals surface area (Å²) in [5, 5.41) is 0. The predicted molar refractivity (Wildman–Crippen MR) is 62.2 cm³/mol. The van der Waals surface area contributed by atoms with Gasteiger partial charge in [0.2, 0.25) is 0 Å². The van der Waals surface area contributed by atoms with Crippen LogP contribution in [0.15, 0.2) is 0 Å². The van der Waals surface area contributed by atoms with E-state index in [1.54, 1.807) is 0 Å². The molecule has 1 saturated carbocycles. The molecule has 1 atom stereocenters. The van der Waals surface area contributed by atoms with Crippen molar-refractivity contribution in [3.63, 3.8) is 0 Å². The van der Waals surface area contributed by atoms with Crippen LogP contribution in [0.1, 0.15) is 44.9 Å². The molecule has 70 valence electrons. The van der Waals surface area contributed by atoms with Gasteiger partial charge in [-0.2, -0.15) is 0 Å². The van der Waals surface area contributed by atoms with Gasteiger partial charge in [0.1, 0.15) is 0 Å². The standard InChI is InChI=1S/C10H18S2/c1-2-6-10(7-3-1)12-9-5-4-8-11-12/h1-9H2. The molecule has 0 radical (unpaired) electrons. The average molecular weight is 202 g/mol. The normalized spacial score (nSPS) is 32.0. The van der Waals surface area contributed by atoms with Crippen molar-refractivity contribution in [3.8, 4) is 0 Å². The Labute approximate surface area is 81.8 Å². The van der Waals surface area contributed by atoms with E-state index >= 15 is 0 Å². The van der Waals surface area contributed by atoms with Gasteiger partial charge in [-0.3, -0.25) is 0 Å². The van der Waals surface area contributed by atoms with Crippen molar-refractivity contribution in [1.29, 1.82) is 0 Å². The fourth-order valence-corrected chi connectivity index (χ4v) is 6.93. The molecule has 1 aliphatic heterocycles. The Morgan fingerprint density at radius 2 is 1.75 bits per heavy atom. The fraction of sp³-hybridized carbons (Fsp3) is 0.900. The summed E-state index contributed by atoms with van der Waals surface area (Å²) in [5.74, 6) is 2.95. The van der Waals surface area contributed by atoms with E-state index in [0.29, 0.717) is 9.52 Å². The molecular weight excluding hydrogens is 184 g/mol. The Balaban J connectivity index is 2.00. The van der Waals surface area contributed by atoms with Gasteiger partial charge in [-0.05, 0) is 49.1 Å². The number of hydrogen-bond donors (Lipinski definition) is 0. The predicted octanol–water partition coefficient (Wildman–Crippen LogP) is 3.83. The quantitative estimate of drug-likeness (QED) is 0.425. The second-order valence-electron chi connectivity index (χ2n) is 3.68. The molecule has 1 aliphatic carbocycles. The number of rotatable bonds is 0. The van der Waals surface area contributed by atoms with E-state index in [9.17, 15) is 0 Å². The van der Waals surface area contributed by atoms with Crippen molar-refractivity contribution < 1.29 is 0 Å². The lowest BCUT2D eigenvalue weighted by Gasteiger charge is -2.22. The van der Waals surface area contributed by atoms with E-state index in [-0.39, 0.29) is 0 Å². The van der Waals surface area contributed by atoms with Crippen LogP contribution in [0.25, 0.3) is 0 Å². The molecule has 0 amide bonds. The molecule has 0 N–H and O–H groups in total. The van der Waals surface area contributed by atoms with Crippen LogP contribution >= 0.6 is 20.3 Å². The zero-order valence-corrected chi connectivity index (χ0v) is 9.31. The molecule has 2 aliphatic rings. The van der Waals surface area contributed by atoms with Crippen molar-refractivity contribution in [1.82, 2.24) is 0 Å². The summed E-state index contributed by atoms with van der Waals surface area (Å²) in [6.07, 6.45) is 10.4. The van der Waals surface area contributed by atoms with Crippen LogP contribution in [0, 0.1) is 0 Å². The lowest BCUT2D eigenvalue weighted by molar-refractivity contribution is 0.675. The van der Waals surface area contributed by atoms with E-state index < -0.39 is 0 Å². The molecule has 0 aromatic carbocycles. The first-order chi connectivity index (χ1) is 5.97. The highest BCUT2D eigenvalue weighted by molar-refractivity contribution is 8.84. The van der Waals surface area contributed by atoms with Gasteiger partial charge in [0.25, 0.3) is 0 Å². The van der Waals surface area contributed by atoms with Crippen LogP contribution < -0.4 is 0 Å². The molecule has 0 aromatic heterocycles. The Morgan fingerprint density at radius 1 is 0.917 bits per heavy atom. The smallest absolute Gasteiger partial charge is 0.00325 e. The molecule has 2 rings (SSSR count). The van der Waals surface area contributed by atoms with Gasteiger partial charge in [0.15, 0.2) is 0 Å². The second kappa shape index (κ2) is 4.71. The van der Waals surface area contributed by atoms with Gasteiger partial charge < -0.3 is 0 Å². The summed E-state index contributed by atoms with van der Waals surface area (Å²) in [6, 6.07) is 0. The van der Waals surface area contributed by atoms with Crippen molar-refractivity contribution in [2.75, 3.05) is 11.5 Å². The fourth-order valence-electron chi connectivity index (χ4n) is 1.96. The lowest BCUT2D eigenvalue weighted by atomic mass is 10.0. The summed E-state index contributed by atoms with van der Waals surface area (Å²) in [7, 11) is 2.96. The maximum atomic E-state index is 2.26. The van der Waals surface area contributed by atoms with Crippen molar-refractivity contribution in [2.24, 2.45) is 0 Å². The molecular formula is C10H18S2. The summed E-state index contributed by atoms with van der Waals surface area (Å²) < 4.78 is 0. The highest BCUT2D eigenvalue weighted by Gasteiger charge is 2.13. The minimum Gasteiger partial charge on any atom is -0.129 e. The summed E-state index contributed by atoms with van der Waals surface area (Å²) in [5.41, 5.74) is 0. The van der Waals surface area contributed by atoms with Crippen molar-refractivity contribution in [2.45, 2.75) is 44.9 Å². The molecule has 0 nitrogen and oxygen atoms in total. The van der Waals surface area contributed by atoms with Crippen LogP contribution in [0.2, 0.25) is 0 Å². The molecule has 0 bridgehead atoms. The highest BCUT2D eigenvalue weighted by Crippen LogP contribution is 2.41. The zero-order valence-electron chi connectivity index (χ0n) is 7.68. The lowest BCUT2D eigenvalue weighted by Crippen LogP contribution is -2.07. The van der Waals surface area contributed by atoms with Gasteiger partial charge in [0.05, 0.1) is 0 Å². The topological polar surface area (TPSA) is 0 Å². The molecule has 1 saturated heterocycles. The first-order valence-corrected chi connectivity index (χ1v) is 8.05. The molecule has 2 fully saturated rings. The van der Waals surface area contributed by atoms with Gasteiger partial charge in [-0.15, -0.1) is 20.3 Å². The molecule has 0 aromatic rings. The van der Waals surface area contributed by atoms with Crippen LogP contribution in [0.5, 0.6) is 0 Å².